The Balaban J connectivity index is 2.19. The fourth-order valence-electron chi connectivity index (χ4n) is 3.03. The summed E-state index contributed by atoms with van der Waals surface area (Å²) in [6, 6.07) is 0.491. The van der Waals surface area contributed by atoms with E-state index in [9.17, 15) is 36.6 Å². The third kappa shape index (κ3) is 4.54. The van der Waals surface area contributed by atoms with Gasteiger partial charge in [-0.05, 0) is 38.7 Å². The standard InChI is InChI=1S/C17H18F6N4O4/c1-7-2-3-8(28)4-5-15(29,17(21,22)23)14-27-26-13(31-14)11-10(24)6-9(16(18,19)20)12(25-11)30-7/h6-8,28-29H,2-5,24H2,1H3/t7-,8?,15?/m1/s1. The smallest absolute Gasteiger partial charge is 0.426 e. The van der Waals surface area contributed by atoms with Crippen molar-refractivity contribution >= 4 is 5.69 Å². The number of hydrogen-bond acceptors (Lipinski definition) is 8. The lowest BCUT2D eigenvalue weighted by molar-refractivity contribution is -0.278. The normalized spacial score (nSPS) is 25.6. The first-order chi connectivity index (χ1) is 14.2. The molecule has 0 saturated heterocycles. The number of rotatable bonds is 0. The van der Waals surface area contributed by atoms with Crippen LogP contribution < -0.4 is 10.5 Å². The molecular weight excluding hydrogens is 438 g/mol. The van der Waals surface area contributed by atoms with E-state index >= 15 is 0 Å². The largest absolute Gasteiger partial charge is 0.474 e. The van der Waals surface area contributed by atoms with Gasteiger partial charge in [0.15, 0.2) is 5.69 Å². The molecule has 2 aromatic heterocycles. The molecule has 4 N–H and O–H groups in total. The van der Waals surface area contributed by atoms with Crippen LogP contribution in [0.25, 0.3) is 11.6 Å². The second-order valence-electron chi connectivity index (χ2n) is 7.25. The van der Waals surface area contributed by atoms with Crippen LogP contribution in [0.3, 0.4) is 0 Å². The van der Waals surface area contributed by atoms with Crippen LogP contribution in [-0.2, 0) is 11.8 Å². The van der Waals surface area contributed by atoms with Gasteiger partial charge in [-0.3, -0.25) is 0 Å². The van der Waals surface area contributed by atoms with E-state index in [2.05, 4.69) is 15.2 Å². The van der Waals surface area contributed by atoms with E-state index in [-0.39, 0.29) is 12.8 Å². The van der Waals surface area contributed by atoms with Crippen molar-refractivity contribution in [1.82, 2.24) is 15.2 Å². The zero-order valence-corrected chi connectivity index (χ0v) is 16.0. The van der Waals surface area contributed by atoms with Gasteiger partial charge in [-0.1, -0.05) is 0 Å². The second-order valence-corrected chi connectivity index (χ2v) is 7.25. The summed E-state index contributed by atoms with van der Waals surface area (Å²) < 4.78 is 91.2. The van der Waals surface area contributed by atoms with E-state index in [1.807, 2.05) is 0 Å². The number of aliphatic hydroxyl groups is 2. The highest BCUT2D eigenvalue weighted by Gasteiger charge is 2.58. The summed E-state index contributed by atoms with van der Waals surface area (Å²) in [5, 5.41) is 26.9. The highest BCUT2D eigenvalue weighted by Crippen LogP contribution is 2.44. The maximum absolute atomic E-state index is 13.6. The topological polar surface area (TPSA) is 128 Å². The van der Waals surface area contributed by atoms with Gasteiger partial charge >= 0.3 is 12.4 Å². The van der Waals surface area contributed by atoms with Crippen LogP contribution in [-0.4, -0.2) is 43.8 Å². The maximum atomic E-state index is 13.6. The van der Waals surface area contributed by atoms with Crippen LogP contribution >= 0.6 is 0 Å². The molecule has 172 valence electrons. The molecule has 0 amide bonds. The average Bonchev–Trinajstić information content (AvgIpc) is 3.13. The Bertz CT molecular complexity index is 948. The Labute approximate surface area is 171 Å². The van der Waals surface area contributed by atoms with Gasteiger partial charge in [0.2, 0.25) is 11.5 Å². The van der Waals surface area contributed by atoms with Crippen LogP contribution in [0.15, 0.2) is 10.5 Å². The molecule has 1 aliphatic rings. The summed E-state index contributed by atoms with van der Waals surface area (Å²) in [5.41, 5.74) is -0.412. The van der Waals surface area contributed by atoms with Gasteiger partial charge < -0.3 is 25.1 Å². The van der Waals surface area contributed by atoms with E-state index in [1.54, 1.807) is 0 Å². The number of alkyl halides is 6. The molecule has 0 radical (unpaired) electrons. The quantitative estimate of drug-likeness (QED) is 0.516. The number of halogens is 6. The number of hydrogen-bond donors (Lipinski definition) is 3. The summed E-state index contributed by atoms with van der Waals surface area (Å²) in [6.45, 7) is 1.41. The number of fused-ring (bicyclic) bond motifs is 5. The molecule has 0 aromatic carbocycles. The number of aliphatic hydroxyl groups excluding tert-OH is 1. The van der Waals surface area contributed by atoms with Crippen molar-refractivity contribution in [3.63, 3.8) is 0 Å². The number of ether oxygens (including phenoxy) is 1. The molecule has 3 heterocycles. The van der Waals surface area contributed by atoms with Crippen LogP contribution in [0.1, 0.15) is 44.1 Å². The predicted octanol–water partition coefficient (Wildman–Crippen LogP) is 3.18. The summed E-state index contributed by atoms with van der Waals surface area (Å²) in [4.78, 5) is 3.66. The van der Waals surface area contributed by atoms with Crippen molar-refractivity contribution in [2.75, 3.05) is 5.73 Å². The molecule has 3 atom stereocenters. The van der Waals surface area contributed by atoms with Gasteiger partial charge in [0, 0.05) is 0 Å². The third-order valence-electron chi connectivity index (χ3n) is 4.83. The molecule has 31 heavy (non-hydrogen) atoms. The number of nitrogens with two attached hydrogens (primary N) is 1. The zero-order valence-electron chi connectivity index (χ0n) is 16.0. The van der Waals surface area contributed by atoms with E-state index in [0.29, 0.717) is 6.07 Å². The van der Waals surface area contributed by atoms with Crippen molar-refractivity contribution in [1.29, 1.82) is 0 Å². The van der Waals surface area contributed by atoms with Gasteiger partial charge in [-0.2, -0.15) is 26.3 Å². The molecule has 0 aliphatic carbocycles. The van der Waals surface area contributed by atoms with Gasteiger partial charge in [0.25, 0.3) is 11.8 Å². The number of nitrogens with zero attached hydrogens (tertiary/aromatic N) is 3. The highest BCUT2D eigenvalue weighted by atomic mass is 19.4. The Hall–Kier alpha value is -2.61. The fourth-order valence-corrected chi connectivity index (χ4v) is 3.03. The van der Waals surface area contributed by atoms with E-state index in [1.165, 1.54) is 6.92 Å². The van der Waals surface area contributed by atoms with Crippen LogP contribution in [0.2, 0.25) is 0 Å². The van der Waals surface area contributed by atoms with Crippen molar-refractivity contribution < 1.29 is 45.7 Å². The number of pyridine rings is 1. The van der Waals surface area contributed by atoms with Gasteiger partial charge in [0.1, 0.15) is 5.56 Å². The van der Waals surface area contributed by atoms with Gasteiger partial charge in [-0.25, -0.2) is 4.98 Å². The lowest BCUT2D eigenvalue weighted by Crippen LogP contribution is -2.43. The Morgan fingerprint density at radius 1 is 1.13 bits per heavy atom. The lowest BCUT2D eigenvalue weighted by Gasteiger charge is -2.28. The maximum Gasteiger partial charge on any atom is 0.426 e. The van der Waals surface area contributed by atoms with Gasteiger partial charge in [0.05, 0.1) is 17.9 Å². The zero-order chi connectivity index (χ0) is 23.2. The predicted molar refractivity (Wildman–Crippen MR) is 91.5 cm³/mol. The Morgan fingerprint density at radius 2 is 1.81 bits per heavy atom. The molecule has 1 aliphatic heterocycles. The minimum atomic E-state index is -5.24. The number of aromatic nitrogens is 3. The molecule has 0 saturated carbocycles. The summed E-state index contributed by atoms with van der Waals surface area (Å²) >= 11 is 0. The molecule has 2 unspecified atom stereocenters. The molecule has 2 aromatic rings. The van der Waals surface area contributed by atoms with Crippen molar-refractivity contribution in [3.8, 4) is 17.5 Å². The van der Waals surface area contributed by atoms with E-state index < -0.39 is 77.6 Å². The molecule has 0 fully saturated rings. The summed E-state index contributed by atoms with van der Waals surface area (Å²) in [6.07, 6.45) is -13.9. The first kappa shape index (κ1) is 23.1. The fraction of sp³-hybridized carbons (Fsp3) is 0.588. The van der Waals surface area contributed by atoms with Crippen molar-refractivity contribution in [2.24, 2.45) is 0 Å². The highest BCUT2D eigenvalue weighted by molar-refractivity contribution is 5.68. The Kier molecular flexibility index (Phi) is 5.82. The van der Waals surface area contributed by atoms with Gasteiger partial charge in [-0.15, -0.1) is 10.2 Å². The van der Waals surface area contributed by atoms with Crippen LogP contribution in [0.4, 0.5) is 32.0 Å². The average molecular weight is 456 g/mol. The lowest BCUT2D eigenvalue weighted by atomic mass is 9.93. The van der Waals surface area contributed by atoms with Crippen molar-refractivity contribution in [3.05, 3.63) is 17.5 Å². The van der Waals surface area contributed by atoms with Crippen LogP contribution in [0.5, 0.6) is 5.88 Å². The number of nitrogen functional groups attached to an aromatic ring is 1. The second kappa shape index (κ2) is 7.82. The molecule has 8 nitrogen and oxygen atoms in total. The molecule has 14 heteroatoms. The minimum Gasteiger partial charge on any atom is -0.474 e. The van der Waals surface area contributed by atoms with E-state index in [4.69, 9.17) is 14.9 Å². The SMILES string of the molecule is C[C@@H]1CCC(O)CCC(O)(C(F)(F)F)c2nnc(o2)-c2nc(c(C(F)(F)F)cc2N)O1. The summed E-state index contributed by atoms with van der Waals surface area (Å²) in [5.74, 6) is -2.88. The molecule has 0 spiro atoms. The van der Waals surface area contributed by atoms with Crippen LogP contribution in [0, 0.1) is 0 Å². The first-order valence-corrected chi connectivity index (χ1v) is 9.08. The third-order valence-corrected chi connectivity index (χ3v) is 4.83. The first-order valence-electron chi connectivity index (χ1n) is 9.08. The van der Waals surface area contributed by atoms with Crippen molar-refractivity contribution in [2.45, 2.75) is 62.8 Å². The monoisotopic (exact) mass is 456 g/mol. The Morgan fingerprint density at radius 3 is 2.42 bits per heavy atom. The minimum absolute atomic E-state index is 0.00267. The summed E-state index contributed by atoms with van der Waals surface area (Å²) in [7, 11) is 0. The molecule has 3 rings (SSSR count). The molecular formula is C17H18F6N4O4. The molecule has 4 bridgehead atoms. The number of anilines is 1. The van der Waals surface area contributed by atoms with E-state index in [0.717, 1.165) is 0 Å².